The first-order chi connectivity index (χ1) is 10.2. The second-order valence-corrected chi connectivity index (χ2v) is 5.16. The smallest absolute Gasteiger partial charge is 0.239 e. The van der Waals surface area contributed by atoms with Crippen LogP contribution in [0.1, 0.15) is 30.5 Å². The summed E-state index contributed by atoms with van der Waals surface area (Å²) < 4.78 is 0. The van der Waals surface area contributed by atoms with E-state index in [9.17, 15) is 4.79 Å². The Morgan fingerprint density at radius 1 is 1.05 bits per heavy atom. The Labute approximate surface area is 126 Å². The molecule has 0 aliphatic carbocycles. The van der Waals surface area contributed by atoms with Crippen LogP contribution in [-0.2, 0) is 4.79 Å². The maximum absolute atomic E-state index is 12.1. The maximum Gasteiger partial charge on any atom is 0.239 e. The van der Waals surface area contributed by atoms with Crippen LogP contribution in [0.4, 0.5) is 5.69 Å². The van der Waals surface area contributed by atoms with Crippen molar-refractivity contribution in [3.63, 3.8) is 0 Å². The Morgan fingerprint density at radius 2 is 1.71 bits per heavy atom. The lowest BCUT2D eigenvalue weighted by atomic mass is 10.0. The third-order valence-electron chi connectivity index (χ3n) is 3.45. The largest absolute Gasteiger partial charge is 0.376 e. The number of hydrogen-bond acceptors (Lipinski definition) is 2. The molecule has 1 amide bonds. The zero-order valence-corrected chi connectivity index (χ0v) is 12.6. The van der Waals surface area contributed by atoms with Crippen LogP contribution in [0, 0.1) is 6.92 Å². The molecule has 0 heterocycles. The van der Waals surface area contributed by atoms with Gasteiger partial charge in [0.2, 0.25) is 5.91 Å². The Bertz CT molecular complexity index is 564. The molecule has 3 heteroatoms. The molecular formula is C18H22N2O. The number of amides is 1. The van der Waals surface area contributed by atoms with Gasteiger partial charge < -0.3 is 10.6 Å². The number of carbonyl (C=O) groups excluding carboxylic acids is 1. The fraction of sp³-hybridized carbons (Fsp3) is 0.278. The molecule has 2 N–H and O–H groups in total. The quantitative estimate of drug-likeness (QED) is 0.848. The molecule has 0 spiro atoms. The molecule has 0 bridgehead atoms. The molecule has 1 unspecified atom stereocenters. The second-order valence-electron chi connectivity index (χ2n) is 5.16. The van der Waals surface area contributed by atoms with E-state index in [1.54, 1.807) is 0 Å². The van der Waals surface area contributed by atoms with Gasteiger partial charge >= 0.3 is 0 Å². The third kappa shape index (κ3) is 4.63. The van der Waals surface area contributed by atoms with E-state index < -0.39 is 0 Å². The number of anilines is 1. The van der Waals surface area contributed by atoms with Crippen LogP contribution in [0.15, 0.2) is 54.6 Å². The van der Waals surface area contributed by atoms with Gasteiger partial charge in [-0.15, -0.1) is 0 Å². The van der Waals surface area contributed by atoms with Crippen LogP contribution in [0.25, 0.3) is 0 Å². The zero-order chi connectivity index (χ0) is 15.1. The van der Waals surface area contributed by atoms with Crippen molar-refractivity contribution in [3.8, 4) is 0 Å². The normalized spacial score (nSPS) is 11.7. The molecule has 0 aliphatic heterocycles. The summed E-state index contributed by atoms with van der Waals surface area (Å²) in [5, 5.41) is 6.19. The summed E-state index contributed by atoms with van der Waals surface area (Å²) in [6, 6.07) is 18.1. The van der Waals surface area contributed by atoms with Gasteiger partial charge in [-0.3, -0.25) is 4.79 Å². The molecule has 2 aromatic carbocycles. The number of hydrogen-bond donors (Lipinski definition) is 2. The van der Waals surface area contributed by atoms with Gasteiger partial charge in [-0.05, 0) is 31.0 Å². The van der Waals surface area contributed by atoms with Gasteiger partial charge in [0.05, 0.1) is 12.6 Å². The third-order valence-corrected chi connectivity index (χ3v) is 3.45. The van der Waals surface area contributed by atoms with Gasteiger partial charge in [0.15, 0.2) is 0 Å². The summed E-state index contributed by atoms with van der Waals surface area (Å²) in [7, 11) is 0. The Morgan fingerprint density at radius 3 is 2.33 bits per heavy atom. The van der Waals surface area contributed by atoms with Crippen molar-refractivity contribution < 1.29 is 4.79 Å². The predicted octanol–water partition coefficient (Wildman–Crippen LogP) is 3.67. The van der Waals surface area contributed by atoms with Gasteiger partial charge in [-0.25, -0.2) is 0 Å². The van der Waals surface area contributed by atoms with Crippen LogP contribution in [-0.4, -0.2) is 12.5 Å². The monoisotopic (exact) mass is 282 g/mol. The molecule has 0 saturated heterocycles. The van der Waals surface area contributed by atoms with Crippen molar-refractivity contribution in [3.05, 3.63) is 65.7 Å². The van der Waals surface area contributed by atoms with Crippen molar-refractivity contribution in [2.24, 2.45) is 0 Å². The molecule has 2 rings (SSSR count). The number of nitrogens with one attached hydrogen (secondary N) is 2. The molecule has 3 nitrogen and oxygen atoms in total. The molecule has 1 atom stereocenters. The molecule has 110 valence electrons. The van der Waals surface area contributed by atoms with E-state index >= 15 is 0 Å². The molecule has 0 saturated carbocycles. The highest BCUT2D eigenvalue weighted by Crippen LogP contribution is 2.17. The van der Waals surface area contributed by atoms with Crippen LogP contribution in [0.5, 0.6) is 0 Å². The van der Waals surface area contributed by atoms with Gasteiger partial charge in [0.25, 0.3) is 0 Å². The van der Waals surface area contributed by atoms with E-state index in [4.69, 9.17) is 0 Å². The lowest BCUT2D eigenvalue weighted by Crippen LogP contribution is -2.33. The fourth-order valence-corrected chi connectivity index (χ4v) is 2.20. The van der Waals surface area contributed by atoms with E-state index in [-0.39, 0.29) is 18.5 Å². The zero-order valence-electron chi connectivity index (χ0n) is 12.6. The number of para-hydroxylation sites is 1. The lowest BCUT2D eigenvalue weighted by Gasteiger charge is -2.18. The molecule has 0 fully saturated rings. The molecule has 2 aromatic rings. The first-order valence-corrected chi connectivity index (χ1v) is 7.34. The van der Waals surface area contributed by atoms with E-state index in [0.29, 0.717) is 0 Å². The van der Waals surface area contributed by atoms with E-state index in [2.05, 4.69) is 48.7 Å². The molecular weight excluding hydrogens is 260 g/mol. The maximum atomic E-state index is 12.1. The van der Waals surface area contributed by atoms with Crippen molar-refractivity contribution in [1.82, 2.24) is 5.32 Å². The topological polar surface area (TPSA) is 41.1 Å². The minimum absolute atomic E-state index is 0.00581. The van der Waals surface area contributed by atoms with Gasteiger partial charge in [-0.2, -0.15) is 0 Å². The van der Waals surface area contributed by atoms with Crippen LogP contribution in [0.2, 0.25) is 0 Å². The number of benzene rings is 2. The Kier molecular flexibility index (Phi) is 5.38. The highest BCUT2D eigenvalue weighted by Gasteiger charge is 2.12. The van der Waals surface area contributed by atoms with Crippen molar-refractivity contribution in [2.75, 3.05) is 11.9 Å². The summed E-state index contributed by atoms with van der Waals surface area (Å²) in [6.07, 6.45) is 0.875. The minimum Gasteiger partial charge on any atom is -0.376 e. The first-order valence-electron chi connectivity index (χ1n) is 7.34. The molecule has 0 aliphatic rings. The summed E-state index contributed by atoms with van der Waals surface area (Å²) in [6.45, 7) is 4.43. The Balaban J connectivity index is 1.89. The van der Waals surface area contributed by atoms with E-state index in [0.717, 1.165) is 17.7 Å². The van der Waals surface area contributed by atoms with Crippen LogP contribution >= 0.6 is 0 Å². The molecule has 0 radical (unpaired) electrons. The summed E-state index contributed by atoms with van der Waals surface area (Å²) in [5.74, 6) is 0.00581. The van der Waals surface area contributed by atoms with E-state index in [1.165, 1.54) is 5.56 Å². The number of aryl methyl sites for hydroxylation is 1. The first kappa shape index (κ1) is 15.1. The van der Waals surface area contributed by atoms with Crippen molar-refractivity contribution in [2.45, 2.75) is 26.3 Å². The summed E-state index contributed by atoms with van der Waals surface area (Å²) in [4.78, 5) is 12.1. The van der Waals surface area contributed by atoms with Gasteiger partial charge in [0.1, 0.15) is 0 Å². The lowest BCUT2D eigenvalue weighted by molar-refractivity contribution is -0.120. The highest BCUT2D eigenvalue weighted by atomic mass is 16.1. The average molecular weight is 282 g/mol. The highest BCUT2D eigenvalue weighted by molar-refractivity contribution is 5.81. The van der Waals surface area contributed by atoms with Crippen molar-refractivity contribution >= 4 is 11.6 Å². The molecule has 0 aromatic heterocycles. The number of carbonyl (C=O) groups is 1. The van der Waals surface area contributed by atoms with E-state index in [1.807, 2.05) is 30.3 Å². The SMILES string of the molecule is CCC(NC(=O)CNc1ccccc1)c1ccc(C)cc1. The van der Waals surface area contributed by atoms with Crippen LogP contribution in [0.3, 0.4) is 0 Å². The fourth-order valence-electron chi connectivity index (χ4n) is 2.20. The summed E-state index contributed by atoms with van der Waals surface area (Å²) >= 11 is 0. The van der Waals surface area contributed by atoms with Crippen LogP contribution < -0.4 is 10.6 Å². The summed E-state index contributed by atoms with van der Waals surface area (Å²) in [5.41, 5.74) is 3.33. The standard InChI is InChI=1S/C18H22N2O/c1-3-17(15-11-9-14(2)10-12-15)20-18(21)13-19-16-7-5-4-6-8-16/h4-12,17,19H,3,13H2,1-2H3,(H,20,21). The van der Waals surface area contributed by atoms with Gasteiger partial charge in [0, 0.05) is 5.69 Å². The van der Waals surface area contributed by atoms with Crippen molar-refractivity contribution in [1.29, 1.82) is 0 Å². The minimum atomic E-state index is 0.00581. The second kappa shape index (κ2) is 7.48. The average Bonchev–Trinajstić information content (AvgIpc) is 2.52. The predicted molar refractivity (Wildman–Crippen MR) is 87.3 cm³/mol. The van der Waals surface area contributed by atoms with Gasteiger partial charge in [-0.1, -0.05) is 55.0 Å². The molecule has 21 heavy (non-hydrogen) atoms. The Hall–Kier alpha value is -2.29. The number of rotatable bonds is 6.